The third kappa shape index (κ3) is 5.85. The number of carbonyl (C=O) groups excluding carboxylic acids is 2. The fourth-order valence-corrected chi connectivity index (χ4v) is 3.60. The van der Waals surface area contributed by atoms with E-state index in [4.69, 9.17) is 12.2 Å². The summed E-state index contributed by atoms with van der Waals surface area (Å²) in [5.74, 6) is -0.390. The molecule has 0 aliphatic heterocycles. The molecule has 3 rings (SSSR count). The summed E-state index contributed by atoms with van der Waals surface area (Å²) in [4.78, 5) is 27.5. The lowest BCUT2D eigenvalue weighted by molar-refractivity contribution is -0.115. The van der Waals surface area contributed by atoms with E-state index in [-0.39, 0.29) is 16.9 Å². The summed E-state index contributed by atoms with van der Waals surface area (Å²) in [6, 6.07) is 20.4. The third-order valence-corrected chi connectivity index (χ3v) is 5.24. The molecule has 0 atom stereocenters. The van der Waals surface area contributed by atoms with Gasteiger partial charge in [0.2, 0.25) is 5.91 Å². The largest absolute Gasteiger partial charge is 0.332 e. The highest BCUT2D eigenvalue weighted by atomic mass is 32.1. The number of hydrogen-bond donors (Lipinski definition) is 2. The van der Waals surface area contributed by atoms with Crippen LogP contribution in [-0.2, 0) is 4.79 Å². The first kappa shape index (κ1) is 21.4. The molecule has 5 nitrogen and oxygen atoms in total. The van der Waals surface area contributed by atoms with E-state index in [0.717, 1.165) is 10.6 Å². The van der Waals surface area contributed by atoms with Gasteiger partial charge >= 0.3 is 0 Å². The molecule has 0 fully saturated rings. The Hall–Kier alpha value is -3.29. The predicted molar refractivity (Wildman–Crippen MR) is 128 cm³/mol. The second kappa shape index (κ2) is 10.5. The number of carbonyl (C=O) groups is 2. The molecular weight excluding hydrogens is 414 g/mol. The van der Waals surface area contributed by atoms with Crippen LogP contribution in [0.15, 0.2) is 78.2 Å². The lowest BCUT2D eigenvalue weighted by Gasteiger charge is -2.21. The summed E-state index contributed by atoms with van der Waals surface area (Å²) < 4.78 is 0. The minimum absolute atomic E-state index is 0.0788. The maximum Gasteiger partial charge on any atom is 0.258 e. The van der Waals surface area contributed by atoms with Crippen LogP contribution in [0.25, 0.3) is 6.08 Å². The molecule has 0 unspecified atom stereocenters. The molecular formula is C23H21N3O2S2. The van der Waals surface area contributed by atoms with Crippen LogP contribution in [0.5, 0.6) is 0 Å². The summed E-state index contributed by atoms with van der Waals surface area (Å²) >= 11 is 6.73. The zero-order valence-electron chi connectivity index (χ0n) is 16.4. The molecule has 0 saturated carbocycles. The normalized spacial score (nSPS) is 10.6. The Bertz CT molecular complexity index is 1030. The van der Waals surface area contributed by atoms with Gasteiger partial charge in [0.05, 0.1) is 0 Å². The van der Waals surface area contributed by atoms with Gasteiger partial charge in [-0.25, -0.2) is 0 Å². The zero-order chi connectivity index (χ0) is 21.3. The second-order valence-electron chi connectivity index (χ2n) is 6.25. The molecule has 2 N–H and O–H groups in total. The molecule has 2 amide bonds. The van der Waals surface area contributed by atoms with Gasteiger partial charge in [-0.05, 0) is 73.1 Å². The van der Waals surface area contributed by atoms with Crippen LogP contribution >= 0.6 is 23.6 Å². The average Bonchev–Trinajstić information content (AvgIpc) is 3.28. The highest BCUT2D eigenvalue weighted by molar-refractivity contribution is 7.80. The molecule has 1 heterocycles. The van der Waals surface area contributed by atoms with Gasteiger partial charge in [0, 0.05) is 34.4 Å². The van der Waals surface area contributed by atoms with Crippen molar-refractivity contribution in [2.75, 3.05) is 16.8 Å². The summed E-state index contributed by atoms with van der Waals surface area (Å²) in [5, 5.41) is 7.68. The maximum atomic E-state index is 12.8. The molecule has 30 heavy (non-hydrogen) atoms. The van der Waals surface area contributed by atoms with Crippen molar-refractivity contribution in [3.05, 3.63) is 88.6 Å². The lowest BCUT2D eigenvalue weighted by Crippen LogP contribution is -2.33. The van der Waals surface area contributed by atoms with E-state index in [1.165, 1.54) is 6.08 Å². The van der Waals surface area contributed by atoms with E-state index in [0.29, 0.717) is 17.8 Å². The molecule has 1 aromatic heterocycles. The summed E-state index contributed by atoms with van der Waals surface area (Å²) in [6.07, 6.45) is 3.17. The Kier molecular flexibility index (Phi) is 7.48. The molecule has 0 saturated heterocycles. The van der Waals surface area contributed by atoms with E-state index >= 15 is 0 Å². The van der Waals surface area contributed by atoms with Crippen LogP contribution in [0, 0.1) is 0 Å². The topological polar surface area (TPSA) is 61.4 Å². The van der Waals surface area contributed by atoms with Crippen LogP contribution in [0.3, 0.4) is 0 Å². The second-order valence-corrected chi connectivity index (χ2v) is 7.64. The Morgan fingerprint density at radius 3 is 2.40 bits per heavy atom. The van der Waals surface area contributed by atoms with Crippen molar-refractivity contribution in [2.45, 2.75) is 6.92 Å². The molecule has 0 spiro atoms. The Balaban J connectivity index is 1.57. The SMILES string of the molecule is CCN(C(=O)c1ccc(NC(=S)NC(=O)/C=C/c2cccs2)cc1)c1ccccc1. The monoisotopic (exact) mass is 435 g/mol. The van der Waals surface area contributed by atoms with E-state index in [1.54, 1.807) is 46.6 Å². The van der Waals surface area contributed by atoms with Crippen LogP contribution in [0.4, 0.5) is 11.4 Å². The first-order chi connectivity index (χ1) is 14.6. The molecule has 3 aromatic rings. The smallest absolute Gasteiger partial charge is 0.258 e. The fraction of sp³-hybridized carbons (Fsp3) is 0.0870. The zero-order valence-corrected chi connectivity index (χ0v) is 18.0. The van der Waals surface area contributed by atoms with Gasteiger partial charge in [-0.15, -0.1) is 11.3 Å². The molecule has 2 aromatic carbocycles. The van der Waals surface area contributed by atoms with Gasteiger partial charge < -0.3 is 10.2 Å². The van der Waals surface area contributed by atoms with Gasteiger partial charge in [-0.2, -0.15) is 0 Å². The van der Waals surface area contributed by atoms with Gasteiger partial charge in [0.1, 0.15) is 0 Å². The van der Waals surface area contributed by atoms with Crippen molar-refractivity contribution >= 4 is 57.9 Å². The molecule has 0 aliphatic rings. The lowest BCUT2D eigenvalue weighted by atomic mass is 10.1. The van der Waals surface area contributed by atoms with Crippen LogP contribution in [0.2, 0.25) is 0 Å². The first-order valence-corrected chi connectivity index (χ1v) is 10.7. The quantitative estimate of drug-likeness (QED) is 0.425. The number of thiophene rings is 1. The Morgan fingerprint density at radius 2 is 1.77 bits per heavy atom. The minimum atomic E-state index is -0.311. The standard InChI is InChI=1S/C23H21N3O2S2/c1-2-26(19-7-4-3-5-8-19)22(28)17-10-12-18(13-11-17)24-23(29)25-21(27)15-14-20-9-6-16-30-20/h3-16H,2H2,1H3,(H2,24,25,27,29)/b15-14+. The number of rotatable bonds is 6. The van der Waals surface area contributed by atoms with Crippen molar-refractivity contribution in [1.82, 2.24) is 5.32 Å². The van der Waals surface area contributed by atoms with Gasteiger partial charge in [-0.3, -0.25) is 14.9 Å². The van der Waals surface area contributed by atoms with Crippen LogP contribution < -0.4 is 15.5 Å². The highest BCUT2D eigenvalue weighted by Gasteiger charge is 2.15. The van der Waals surface area contributed by atoms with Crippen LogP contribution in [-0.4, -0.2) is 23.5 Å². The summed E-state index contributed by atoms with van der Waals surface area (Å²) in [6.45, 7) is 2.51. The van der Waals surface area contributed by atoms with Gasteiger partial charge in [0.25, 0.3) is 5.91 Å². The molecule has 0 aliphatic carbocycles. The van der Waals surface area contributed by atoms with Crippen molar-refractivity contribution < 1.29 is 9.59 Å². The van der Waals surface area contributed by atoms with Gasteiger partial charge in [-0.1, -0.05) is 24.3 Å². The number of amides is 2. The number of para-hydroxylation sites is 1. The van der Waals surface area contributed by atoms with Crippen molar-refractivity contribution in [1.29, 1.82) is 0 Å². The maximum absolute atomic E-state index is 12.8. The highest BCUT2D eigenvalue weighted by Crippen LogP contribution is 2.18. The predicted octanol–water partition coefficient (Wildman–Crippen LogP) is 4.94. The van der Waals surface area contributed by atoms with E-state index in [9.17, 15) is 9.59 Å². The molecule has 0 radical (unpaired) electrons. The summed E-state index contributed by atoms with van der Waals surface area (Å²) in [7, 11) is 0. The van der Waals surface area contributed by atoms with Gasteiger partial charge in [0.15, 0.2) is 5.11 Å². The fourth-order valence-electron chi connectivity index (χ4n) is 2.76. The molecule has 7 heteroatoms. The number of nitrogens with zero attached hydrogens (tertiary/aromatic N) is 1. The van der Waals surface area contributed by atoms with Crippen molar-refractivity contribution in [3.63, 3.8) is 0 Å². The summed E-state index contributed by atoms with van der Waals surface area (Å²) in [5.41, 5.74) is 2.11. The minimum Gasteiger partial charge on any atom is -0.332 e. The third-order valence-electron chi connectivity index (χ3n) is 4.20. The Labute approximate surface area is 185 Å². The molecule has 152 valence electrons. The number of anilines is 2. The number of benzene rings is 2. The van der Waals surface area contributed by atoms with E-state index in [2.05, 4.69) is 10.6 Å². The van der Waals surface area contributed by atoms with E-state index in [1.807, 2.05) is 54.8 Å². The Morgan fingerprint density at radius 1 is 1.03 bits per heavy atom. The first-order valence-electron chi connectivity index (χ1n) is 9.37. The average molecular weight is 436 g/mol. The molecule has 0 bridgehead atoms. The van der Waals surface area contributed by atoms with Crippen LogP contribution in [0.1, 0.15) is 22.2 Å². The number of thiocarbonyl (C=S) groups is 1. The van der Waals surface area contributed by atoms with Crippen molar-refractivity contribution in [2.24, 2.45) is 0 Å². The number of hydrogen-bond acceptors (Lipinski definition) is 4. The van der Waals surface area contributed by atoms with Crippen molar-refractivity contribution in [3.8, 4) is 0 Å². The van der Waals surface area contributed by atoms with E-state index < -0.39 is 0 Å². The number of nitrogens with one attached hydrogen (secondary N) is 2.